The highest BCUT2D eigenvalue weighted by Gasteiger charge is 2.62. The van der Waals surface area contributed by atoms with Crippen LogP contribution in [0.15, 0.2) is 66.7 Å². The summed E-state index contributed by atoms with van der Waals surface area (Å²) in [5.41, 5.74) is 8.34. The zero-order valence-electron chi connectivity index (χ0n) is 22.4. The van der Waals surface area contributed by atoms with Gasteiger partial charge in [0, 0.05) is 11.3 Å². The Morgan fingerprint density at radius 1 is 0.881 bits per heavy atom. The normalized spacial score (nSPS) is 12.6. The van der Waals surface area contributed by atoms with Crippen LogP contribution in [0.3, 0.4) is 0 Å². The molecule has 15 heteroatoms. The van der Waals surface area contributed by atoms with Gasteiger partial charge in [0.2, 0.25) is 5.54 Å². The van der Waals surface area contributed by atoms with Crippen LogP contribution >= 0.6 is 0 Å². The zero-order chi connectivity index (χ0) is 31.9. The monoisotopic (exact) mass is 599 g/mol. The fourth-order valence-electron chi connectivity index (χ4n) is 3.81. The standard InChI is InChI=1S/C25H26F3N5O2.C2HF3O2/c1-15-13-18(14-16(2)21(15)35-3)24(25(26,27)28,23(34)33-32-20-7-5-4-6-8-20)31-19-11-9-17(10-12-19)22(29)30;3-2(4,5)1(6)7/h4-14,31-32H,1-3H3,(H3,29,30)(H,33,34);(H,6,7). The highest BCUT2D eigenvalue weighted by Crippen LogP contribution is 2.44. The lowest BCUT2D eigenvalue weighted by Crippen LogP contribution is -2.60. The Labute approximate surface area is 236 Å². The number of nitrogens with one attached hydrogen (secondary N) is 4. The second-order valence-electron chi connectivity index (χ2n) is 8.76. The molecule has 0 fully saturated rings. The van der Waals surface area contributed by atoms with E-state index in [0.29, 0.717) is 28.1 Å². The van der Waals surface area contributed by atoms with Crippen LogP contribution in [0.4, 0.5) is 37.7 Å². The largest absolute Gasteiger partial charge is 0.496 e. The number of hydrogen-bond donors (Lipinski definition) is 6. The molecule has 0 radical (unpaired) electrons. The number of benzene rings is 3. The van der Waals surface area contributed by atoms with Crippen molar-refractivity contribution in [3.63, 3.8) is 0 Å². The highest BCUT2D eigenvalue weighted by atomic mass is 19.4. The summed E-state index contributed by atoms with van der Waals surface area (Å²) in [5, 5.41) is 17.0. The predicted octanol–water partition coefficient (Wildman–Crippen LogP) is 5.24. The molecule has 1 amide bonds. The third-order valence-electron chi connectivity index (χ3n) is 5.73. The molecule has 0 spiro atoms. The number of alkyl halides is 6. The Hall–Kier alpha value is -4.95. The number of hydrogen-bond acceptors (Lipinski definition) is 6. The summed E-state index contributed by atoms with van der Waals surface area (Å²) in [7, 11) is 1.43. The number of aliphatic carboxylic acids is 1. The molecule has 3 aromatic rings. The van der Waals surface area contributed by atoms with Crippen molar-refractivity contribution in [3.8, 4) is 5.75 Å². The Morgan fingerprint density at radius 3 is 1.79 bits per heavy atom. The van der Waals surface area contributed by atoms with Crippen molar-refractivity contribution >= 4 is 29.1 Å². The van der Waals surface area contributed by atoms with Crippen LogP contribution in [-0.4, -0.2) is 42.3 Å². The number of amides is 1. The number of aryl methyl sites for hydroxylation is 2. The molecule has 0 saturated heterocycles. The number of hydrazine groups is 1. The van der Waals surface area contributed by atoms with Gasteiger partial charge in [-0.3, -0.25) is 21.1 Å². The number of carboxylic acids is 1. The number of nitrogens with two attached hydrogens (primary N) is 1. The zero-order valence-corrected chi connectivity index (χ0v) is 22.4. The Bertz CT molecular complexity index is 1390. The average Bonchev–Trinajstić information content (AvgIpc) is 2.90. The first-order valence-electron chi connectivity index (χ1n) is 11.8. The van der Waals surface area contributed by atoms with Gasteiger partial charge in [0.15, 0.2) is 0 Å². The van der Waals surface area contributed by atoms with E-state index in [-0.39, 0.29) is 17.1 Å². The van der Waals surface area contributed by atoms with Crippen LogP contribution in [0, 0.1) is 19.3 Å². The number of carbonyl (C=O) groups is 2. The van der Waals surface area contributed by atoms with Gasteiger partial charge in [-0.05, 0) is 79.1 Å². The maximum atomic E-state index is 14.9. The first kappa shape index (κ1) is 33.3. The van der Waals surface area contributed by atoms with Gasteiger partial charge in [-0.25, -0.2) is 4.79 Å². The van der Waals surface area contributed by atoms with Gasteiger partial charge in [0.25, 0.3) is 5.91 Å². The maximum absolute atomic E-state index is 14.9. The summed E-state index contributed by atoms with van der Waals surface area (Å²) < 4.78 is 81.9. The summed E-state index contributed by atoms with van der Waals surface area (Å²) >= 11 is 0. The van der Waals surface area contributed by atoms with Crippen molar-refractivity contribution in [2.24, 2.45) is 5.73 Å². The summed E-state index contributed by atoms with van der Waals surface area (Å²) in [6, 6.07) is 16.3. The minimum Gasteiger partial charge on any atom is -0.496 e. The van der Waals surface area contributed by atoms with Gasteiger partial charge in [-0.2, -0.15) is 26.3 Å². The van der Waals surface area contributed by atoms with Crippen molar-refractivity contribution in [2.75, 3.05) is 17.9 Å². The van der Waals surface area contributed by atoms with Crippen molar-refractivity contribution in [1.82, 2.24) is 5.43 Å². The minimum atomic E-state index is -5.08. The number of halogens is 6. The summed E-state index contributed by atoms with van der Waals surface area (Å²) in [4.78, 5) is 22.3. The molecule has 42 heavy (non-hydrogen) atoms. The predicted molar refractivity (Wildman–Crippen MR) is 143 cm³/mol. The number of nitrogen functional groups attached to an aromatic ring is 1. The highest BCUT2D eigenvalue weighted by molar-refractivity contribution is 5.96. The van der Waals surface area contributed by atoms with Crippen molar-refractivity contribution < 1.29 is 45.8 Å². The molecule has 0 saturated carbocycles. The van der Waals surface area contributed by atoms with Crippen LogP contribution in [0.1, 0.15) is 22.3 Å². The molecule has 226 valence electrons. The van der Waals surface area contributed by atoms with Crippen LogP contribution in [0.2, 0.25) is 0 Å². The summed E-state index contributed by atoms with van der Waals surface area (Å²) in [5.74, 6) is -3.93. The van der Waals surface area contributed by atoms with Gasteiger partial charge in [-0.1, -0.05) is 18.2 Å². The molecule has 0 heterocycles. The van der Waals surface area contributed by atoms with Crippen LogP contribution in [-0.2, 0) is 15.1 Å². The molecular formula is C27H27F6N5O4. The third-order valence-corrected chi connectivity index (χ3v) is 5.73. The lowest BCUT2D eigenvalue weighted by atomic mass is 9.85. The molecule has 0 aliphatic carbocycles. The first-order chi connectivity index (χ1) is 19.4. The Balaban J connectivity index is 0.000000782. The van der Waals surface area contributed by atoms with Gasteiger partial charge >= 0.3 is 18.3 Å². The smallest absolute Gasteiger partial charge is 0.490 e. The molecule has 1 unspecified atom stereocenters. The van der Waals surface area contributed by atoms with Crippen LogP contribution < -0.4 is 26.6 Å². The first-order valence-corrected chi connectivity index (χ1v) is 11.8. The number of ether oxygens (including phenoxy) is 1. The van der Waals surface area contributed by atoms with E-state index in [1.807, 2.05) is 0 Å². The van der Waals surface area contributed by atoms with E-state index < -0.39 is 29.8 Å². The molecule has 3 aromatic carbocycles. The topological polar surface area (TPSA) is 150 Å². The van der Waals surface area contributed by atoms with E-state index >= 15 is 0 Å². The lowest BCUT2D eigenvalue weighted by molar-refractivity contribution is -0.192. The number of rotatable bonds is 8. The average molecular weight is 600 g/mol. The van der Waals surface area contributed by atoms with Crippen molar-refractivity contribution in [1.29, 1.82) is 5.41 Å². The van der Waals surface area contributed by atoms with Gasteiger partial charge in [0.1, 0.15) is 11.6 Å². The second-order valence-corrected chi connectivity index (χ2v) is 8.76. The fourth-order valence-corrected chi connectivity index (χ4v) is 3.81. The summed E-state index contributed by atoms with van der Waals surface area (Å²) in [6.07, 6.45) is -10.2. The lowest BCUT2D eigenvalue weighted by Gasteiger charge is -2.37. The minimum absolute atomic E-state index is 0.00769. The van der Waals surface area contributed by atoms with E-state index in [4.69, 9.17) is 25.8 Å². The molecule has 0 bridgehead atoms. The number of methoxy groups -OCH3 is 1. The van der Waals surface area contributed by atoms with Crippen molar-refractivity contribution in [3.05, 3.63) is 89.0 Å². The van der Waals surface area contributed by atoms with E-state index in [2.05, 4.69) is 16.2 Å². The third kappa shape index (κ3) is 7.83. The van der Waals surface area contributed by atoms with Crippen LogP contribution in [0.5, 0.6) is 5.75 Å². The fraction of sp³-hybridized carbons (Fsp3) is 0.222. The van der Waals surface area contributed by atoms with Gasteiger partial charge < -0.3 is 20.9 Å². The van der Waals surface area contributed by atoms with E-state index in [1.165, 1.54) is 43.5 Å². The number of para-hydroxylation sites is 1. The van der Waals surface area contributed by atoms with E-state index in [9.17, 15) is 31.1 Å². The Morgan fingerprint density at radius 2 is 1.38 bits per heavy atom. The molecule has 7 N–H and O–H groups in total. The quantitative estimate of drug-likeness (QED) is 0.0897. The molecule has 9 nitrogen and oxygen atoms in total. The number of anilines is 2. The van der Waals surface area contributed by atoms with Crippen LogP contribution in [0.25, 0.3) is 0 Å². The Kier molecular flexibility index (Phi) is 10.4. The van der Waals surface area contributed by atoms with Gasteiger partial charge in [-0.15, -0.1) is 0 Å². The molecule has 0 aliphatic rings. The molecule has 0 aromatic heterocycles. The van der Waals surface area contributed by atoms with E-state index in [1.54, 1.807) is 44.2 Å². The maximum Gasteiger partial charge on any atom is 0.490 e. The van der Waals surface area contributed by atoms with E-state index in [0.717, 1.165) is 0 Å². The molecule has 3 rings (SSSR count). The SMILES string of the molecule is COc1c(C)cc(C(Nc2ccc(C(=N)N)cc2)(C(=O)NNc2ccccc2)C(F)(F)F)cc1C.O=C(O)C(F)(F)F. The number of carboxylic acid groups (broad SMARTS) is 1. The molecule has 1 atom stereocenters. The molecular weight excluding hydrogens is 572 g/mol. The molecule has 0 aliphatic heterocycles. The number of carbonyl (C=O) groups excluding carboxylic acids is 1. The van der Waals surface area contributed by atoms with Crippen molar-refractivity contribution in [2.45, 2.75) is 31.7 Å². The second kappa shape index (κ2) is 13.1. The van der Waals surface area contributed by atoms with Gasteiger partial charge in [0.05, 0.1) is 12.8 Å². The summed E-state index contributed by atoms with van der Waals surface area (Å²) in [6.45, 7) is 3.22. The number of amidine groups is 1.